The van der Waals surface area contributed by atoms with Crippen molar-refractivity contribution in [2.45, 2.75) is 0 Å². The summed E-state index contributed by atoms with van der Waals surface area (Å²) in [5.41, 5.74) is 6.03. The first-order valence-corrected chi connectivity index (χ1v) is 3.68. The zero-order valence-corrected chi connectivity index (χ0v) is 7.24. The number of nitrogens with zero attached hydrogens (tertiary/aromatic N) is 2. The summed E-state index contributed by atoms with van der Waals surface area (Å²) >= 11 is 0. The molecule has 1 rings (SSSR count). The van der Waals surface area contributed by atoms with E-state index < -0.39 is 0 Å². The molecule has 0 spiro atoms. The second kappa shape index (κ2) is 3.75. The van der Waals surface area contributed by atoms with Crippen LogP contribution in [0.2, 0.25) is 0 Å². The monoisotopic (exact) mass is 182 g/mol. The average molecular weight is 182 g/mol. The van der Waals surface area contributed by atoms with Gasteiger partial charge in [0.05, 0.1) is 0 Å². The van der Waals surface area contributed by atoms with Gasteiger partial charge in [0.2, 0.25) is 5.96 Å². The first-order chi connectivity index (χ1) is 6.15. The fourth-order valence-electron chi connectivity index (χ4n) is 0.904. The first kappa shape index (κ1) is 9.31. The number of hydrogen-bond acceptors (Lipinski definition) is 2. The van der Waals surface area contributed by atoms with Crippen molar-refractivity contribution in [2.75, 3.05) is 11.9 Å². The molecule has 0 saturated carbocycles. The molecular formula is C8H11FN4. The molecule has 0 aliphatic carbocycles. The molecule has 5 heteroatoms. The van der Waals surface area contributed by atoms with Crippen LogP contribution in [-0.4, -0.2) is 13.0 Å². The summed E-state index contributed by atoms with van der Waals surface area (Å²) in [7, 11) is 1.65. The lowest BCUT2D eigenvalue weighted by atomic mass is 10.3. The van der Waals surface area contributed by atoms with E-state index in [1.54, 1.807) is 19.2 Å². The van der Waals surface area contributed by atoms with Crippen molar-refractivity contribution in [3.63, 3.8) is 0 Å². The van der Waals surface area contributed by atoms with Crippen molar-refractivity contribution in [1.29, 1.82) is 0 Å². The Balaban J connectivity index is 2.95. The molecule has 0 atom stereocenters. The normalized spacial score (nSPS) is 11.4. The SMILES string of the molecule is CN(C(N)=NN)c1cccc(F)c1. The maximum atomic E-state index is 12.8. The first-order valence-electron chi connectivity index (χ1n) is 3.68. The van der Waals surface area contributed by atoms with Gasteiger partial charge in [-0.05, 0) is 18.2 Å². The number of rotatable bonds is 1. The Kier molecular flexibility index (Phi) is 2.69. The number of anilines is 1. The smallest absolute Gasteiger partial charge is 0.217 e. The van der Waals surface area contributed by atoms with Gasteiger partial charge >= 0.3 is 0 Å². The van der Waals surface area contributed by atoms with E-state index in [0.29, 0.717) is 5.69 Å². The van der Waals surface area contributed by atoms with E-state index in [1.807, 2.05) is 0 Å². The molecular weight excluding hydrogens is 171 g/mol. The molecule has 0 saturated heterocycles. The zero-order valence-electron chi connectivity index (χ0n) is 7.24. The fourth-order valence-corrected chi connectivity index (χ4v) is 0.904. The predicted octanol–water partition coefficient (Wildman–Crippen LogP) is 0.450. The topological polar surface area (TPSA) is 67.6 Å². The molecule has 0 radical (unpaired) electrons. The minimum absolute atomic E-state index is 0.130. The van der Waals surface area contributed by atoms with Gasteiger partial charge in [0, 0.05) is 12.7 Å². The van der Waals surface area contributed by atoms with Crippen molar-refractivity contribution >= 4 is 11.6 Å². The van der Waals surface area contributed by atoms with Gasteiger partial charge in [0.15, 0.2) is 0 Å². The van der Waals surface area contributed by atoms with Gasteiger partial charge in [0.25, 0.3) is 0 Å². The standard InChI is InChI=1S/C8H11FN4/c1-13(8(10)12-11)7-4-2-3-6(9)5-7/h2-5H,11H2,1H3,(H2,10,12). The molecule has 0 amide bonds. The molecule has 1 aromatic rings. The van der Waals surface area contributed by atoms with Gasteiger partial charge in [-0.1, -0.05) is 6.07 Å². The minimum atomic E-state index is -0.325. The van der Waals surface area contributed by atoms with Gasteiger partial charge in [-0.3, -0.25) is 0 Å². The maximum absolute atomic E-state index is 12.8. The number of benzene rings is 1. The predicted molar refractivity (Wildman–Crippen MR) is 50.6 cm³/mol. The summed E-state index contributed by atoms with van der Waals surface area (Å²) in [4.78, 5) is 1.49. The Morgan fingerprint density at radius 2 is 2.23 bits per heavy atom. The molecule has 0 aromatic heterocycles. The molecule has 0 aliphatic heterocycles. The summed E-state index contributed by atoms with van der Waals surface area (Å²) in [6.45, 7) is 0. The molecule has 0 heterocycles. The molecule has 70 valence electrons. The van der Waals surface area contributed by atoms with Gasteiger partial charge in [-0.25, -0.2) is 4.39 Å². The summed E-state index contributed by atoms with van der Waals surface area (Å²) in [5.74, 6) is 4.78. The Morgan fingerprint density at radius 1 is 1.54 bits per heavy atom. The molecule has 0 aliphatic rings. The van der Waals surface area contributed by atoms with E-state index in [4.69, 9.17) is 11.6 Å². The van der Waals surface area contributed by atoms with E-state index in [0.717, 1.165) is 0 Å². The van der Waals surface area contributed by atoms with Crippen LogP contribution >= 0.6 is 0 Å². The van der Waals surface area contributed by atoms with E-state index >= 15 is 0 Å². The third-order valence-corrected chi connectivity index (χ3v) is 1.67. The Hall–Kier alpha value is -1.78. The lowest BCUT2D eigenvalue weighted by Crippen LogP contribution is -2.34. The van der Waals surface area contributed by atoms with Gasteiger partial charge in [-0.15, -0.1) is 5.10 Å². The van der Waals surface area contributed by atoms with Crippen molar-refractivity contribution in [1.82, 2.24) is 0 Å². The van der Waals surface area contributed by atoms with Crippen LogP contribution in [0.3, 0.4) is 0 Å². The highest BCUT2D eigenvalue weighted by atomic mass is 19.1. The molecule has 4 N–H and O–H groups in total. The molecule has 13 heavy (non-hydrogen) atoms. The molecule has 4 nitrogen and oxygen atoms in total. The zero-order chi connectivity index (χ0) is 9.84. The summed E-state index contributed by atoms with van der Waals surface area (Å²) < 4.78 is 12.8. The number of hydrogen-bond donors (Lipinski definition) is 2. The van der Waals surface area contributed by atoms with Gasteiger partial charge in [-0.2, -0.15) is 0 Å². The van der Waals surface area contributed by atoms with Crippen LogP contribution < -0.4 is 16.5 Å². The van der Waals surface area contributed by atoms with Crippen LogP contribution in [0.15, 0.2) is 29.4 Å². The second-order valence-corrected chi connectivity index (χ2v) is 2.53. The highest BCUT2D eigenvalue weighted by Crippen LogP contribution is 2.12. The molecule has 0 bridgehead atoms. The number of nitrogens with two attached hydrogens (primary N) is 2. The summed E-state index contributed by atoms with van der Waals surface area (Å²) in [6, 6.07) is 6.00. The fraction of sp³-hybridized carbons (Fsp3) is 0.125. The van der Waals surface area contributed by atoms with Crippen molar-refractivity contribution in [3.8, 4) is 0 Å². The Labute approximate surface area is 75.6 Å². The van der Waals surface area contributed by atoms with Crippen LogP contribution in [0.25, 0.3) is 0 Å². The van der Waals surface area contributed by atoms with Crippen molar-refractivity contribution in [2.24, 2.45) is 16.7 Å². The second-order valence-electron chi connectivity index (χ2n) is 2.53. The van der Waals surface area contributed by atoms with Crippen LogP contribution in [0, 0.1) is 5.82 Å². The largest absolute Gasteiger partial charge is 0.368 e. The van der Waals surface area contributed by atoms with E-state index in [2.05, 4.69) is 5.10 Å². The summed E-state index contributed by atoms with van der Waals surface area (Å²) in [6.07, 6.45) is 0. The number of hydrazone groups is 1. The lowest BCUT2D eigenvalue weighted by molar-refractivity contribution is 0.628. The van der Waals surface area contributed by atoms with E-state index in [1.165, 1.54) is 17.0 Å². The van der Waals surface area contributed by atoms with E-state index in [9.17, 15) is 4.39 Å². The van der Waals surface area contributed by atoms with E-state index in [-0.39, 0.29) is 11.8 Å². The lowest BCUT2D eigenvalue weighted by Gasteiger charge is -2.16. The van der Waals surface area contributed by atoms with Crippen LogP contribution in [-0.2, 0) is 0 Å². The van der Waals surface area contributed by atoms with Crippen LogP contribution in [0.4, 0.5) is 10.1 Å². The third-order valence-electron chi connectivity index (χ3n) is 1.67. The molecule has 0 unspecified atom stereocenters. The van der Waals surface area contributed by atoms with Crippen LogP contribution in [0.1, 0.15) is 0 Å². The minimum Gasteiger partial charge on any atom is -0.368 e. The van der Waals surface area contributed by atoms with Gasteiger partial charge in [0.1, 0.15) is 5.82 Å². The number of halogens is 1. The Morgan fingerprint density at radius 3 is 2.77 bits per heavy atom. The molecule has 1 aromatic carbocycles. The van der Waals surface area contributed by atoms with Gasteiger partial charge < -0.3 is 16.5 Å². The average Bonchev–Trinajstić information content (AvgIpc) is 2.15. The summed E-state index contributed by atoms with van der Waals surface area (Å²) in [5, 5.41) is 3.29. The third kappa shape index (κ3) is 2.08. The quantitative estimate of drug-likeness (QED) is 0.287. The van der Waals surface area contributed by atoms with Crippen molar-refractivity contribution in [3.05, 3.63) is 30.1 Å². The number of guanidine groups is 1. The van der Waals surface area contributed by atoms with Crippen molar-refractivity contribution < 1.29 is 4.39 Å². The Bertz CT molecular complexity index is 324. The maximum Gasteiger partial charge on any atom is 0.217 e. The highest BCUT2D eigenvalue weighted by molar-refractivity contribution is 5.93. The van der Waals surface area contributed by atoms with Crippen LogP contribution in [0.5, 0.6) is 0 Å². The molecule has 0 fully saturated rings. The highest BCUT2D eigenvalue weighted by Gasteiger charge is 2.04.